The van der Waals surface area contributed by atoms with Crippen LogP contribution in [0.2, 0.25) is 0 Å². The Kier molecular flexibility index (Phi) is 6.64. The highest BCUT2D eigenvalue weighted by atomic mass is 15.3. The van der Waals surface area contributed by atoms with Gasteiger partial charge in [0.05, 0.1) is 5.71 Å². The molecule has 0 bridgehead atoms. The number of hydrogen-bond donors (Lipinski definition) is 2. The number of benzene rings is 1. The van der Waals surface area contributed by atoms with Crippen molar-refractivity contribution in [2.24, 2.45) is 21.7 Å². The second kappa shape index (κ2) is 8.29. The Morgan fingerprint density at radius 1 is 1.05 bits per heavy atom. The van der Waals surface area contributed by atoms with Gasteiger partial charge in [-0.25, -0.2) is 0 Å². The first-order valence-electron chi connectivity index (χ1n) is 6.86. The van der Waals surface area contributed by atoms with Gasteiger partial charge < -0.3 is 11.5 Å². The van der Waals surface area contributed by atoms with Gasteiger partial charge in [0.25, 0.3) is 0 Å². The maximum atomic E-state index is 5.35. The average molecular weight is 260 g/mol. The molecule has 4 heteroatoms. The zero-order chi connectivity index (χ0) is 14.1. The smallest absolute Gasteiger partial charge is 0.211 e. The van der Waals surface area contributed by atoms with Crippen LogP contribution in [0.4, 0.5) is 0 Å². The molecule has 19 heavy (non-hydrogen) atoms. The molecule has 0 amide bonds. The van der Waals surface area contributed by atoms with E-state index in [0.717, 1.165) is 24.1 Å². The lowest BCUT2D eigenvalue weighted by Crippen LogP contribution is -2.22. The summed E-state index contributed by atoms with van der Waals surface area (Å²) < 4.78 is 0. The topological polar surface area (TPSA) is 76.8 Å². The molecule has 0 aromatic heterocycles. The quantitative estimate of drug-likeness (QED) is 0.342. The molecule has 1 aromatic rings. The van der Waals surface area contributed by atoms with Crippen molar-refractivity contribution in [3.63, 3.8) is 0 Å². The summed E-state index contributed by atoms with van der Waals surface area (Å²) in [5.74, 6) is -0.000331. The molecule has 104 valence electrons. The number of hydrogen-bond acceptors (Lipinski definition) is 2. The first kappa shape index (κ1) is 15.2. The molecule has 0 aliphatic heterocycles. The van der Waals surface area contributed by atoms with Crippen LogP contribution >= 0.6 is 0 Å². The van der Waals surface area contributed by atoms with Gasteiger partial charge in [-0.15, -0.1) is 5.10 Å². The Balaban J connectivity index is 2.84. The zero-order valence-electron chi connectivity index (χ0n) is 11.9. The molecule has 1 rings (SSSR count). The van der Waals surface area contributed by atoms with Crippen LogP contribution in [-0.2, 0) is 0 Å². The zero-order valence-corrected chi connectivity index (χ0v) is 11.9. The summed E-state index contributed by atoms with van der Waals surface area (Å²) in [5.41, 5.74) is 14.0. The van der Waals surface area contributed by atoms with Gasteiger partial charge in [0.1, 0.15) is 0 Å². The molecule has 0 fully saturated rings. The third-order valence-electron chi connectivity index (χ3n) is 3.01. The van der Waals surface area contributed by atoms with Crippen LogP contribution in [0.3, 0.4) is 0 Å². The third-order valence-corrected chi connectivity index (χ3v) is 3.01. The van der Waals surface area contributed by atoms with Crippen LogP contribution in [0.15, 0.2) is 34.5 Å². The van der Waals surface area contributed by atoms with Crippen molar-refractivity contribution in [2.75, 3.05) is 0 Å². The summed E-state index contributed by atoms with van der Waals surface area (Å²) in [7, 11) is 0. The van der Waals surface area contributed by atoms with Gasteiger partial charge in [-0.05, 0) is 25.3 Å². The van der Waals surface area contributed by atoms with Gasteiger partial charge in [-0.3, -0.25) is 0 Å². The van der Waals surface area contributed by atoms with E-state index in [0.29, 0.717) is 0 Å². The molecule has 0 aliphatic rings. The van der Waals surface area contributed by atoms with E-state index in [4.69, 9.17) is 11.5 Å². The van der Waals surface area contributed by atoms with Crippen LogP contribution < -0.4 is 11.5 Å². The fourth-order valence-corrected chi connectivity index (χ4v) is 1.97. The Morgan fingerprint density at radius 3 is 2.42 bits per heavy atom. The van der Waals surface area contributed by atoms with E-state index < -0.39 is 0 Å². The number of nitrogens with two attached hydrogens (primary N) is 2. The Hall–Kier alpha value is -1.84. The van der Waals surface area contributed by atoms with E-state index in [1.54, 1.807) is 0 Å². The van der Waals surface area contributed by atoms with Crippen molar-refractivity contribution >= 4 is 11.7 Å². The first-order valence-corrected chi connectivity index (χ1v) is 6.86. The van der Waals surface area contributed by atoms with Crippen LogP contribution in [0.5, 0.6) is 0 Å². The lowest BCUT2D eigenvalue weighted by atomic mass is 9.99. The van der Waals surface area contributed by atoms with Gasteiger partial charge in [0, 0.05) is 5.56 Å². The molecule has 0 spiro atoms. The van der Waals surface area contributed by atoms with Crippen LogP contribution in [0.25, 0.3) is 0 Å². The van der Waals surface area contributed by atoms with Crippen molar-refractivity contribution in [3.05, 3.63) is 35.4 Å². The van der Waals surface area contributed by atoms with Crippen molar-refractivity contribution in [1.29, 1.82) is 0 Å². The first-order chi connectivity index (χ1) is 9.15. The fraction of sp³-hybridized carbons (Fsp3) is 0.467. The van der Waals surface area contributed by atoms with Crippen molar-refractivity contribution in [2.45, 2.75) is 46.0 Å². The number of rotatable bonds is 7. The molecule has 0 radical (unpaired) electrons. The Bertz CT molecular complexity index is 445. The van der Waals surface area contributed by atoms with E-state index in [1.165, 1.54) is 24.8 Å². The summed E-state index contributed by atoms with van der Waals surface area (Å²) in [4.78, 5) is 0. The van der Waals surface area contributed by atoms with E-state index in [1.807, 2.05) is 12.1 Å². The van der Waals surface area contributed by atoms with E-state index >= 15 is 0 Å². The molecular formula is C15H24N4. The van der Waals surface area contributed by atoms with Gasteiger partial charge in [-0.1, -0.05) is 50.5 Å². The minimum atomic E-state index is -0.000331. The molecule has 0 saturated heterocycles. The van der Waals surface area contributed by atoms with Gasteiger partial charge in [-0.2, -0.15) is 5.10 Å². The number of guanidine groups is 1. The highest BCUT2D eigenvalue weighted by molar-refractivity contribution is 6.02. The summed E-state index contributed by atoms with van der Waals surface area (Å²) in [6.45, 7) is 4.28. The summed E-state index contributed by atoms with van der Waals surface area (Å²) in [6.07, 6.45) is 5.71. The highest BCUT2D eigenvalue weighted by Crippen LogP contribution is 2.14. The molecule has 0 atom stereocenters. The SMILES string of the molecule is CCCCCC/C(=N/N=C(N)N)c1ccccc1C. The molecule has 0 saturated carbocycles. The Labute approximate surface area is 115 Å². The standard InChI is InChI=1S/C15H24N4/c1-3-4-5-6-11-14(18-19-15(16)17)13-10-8-7-9-12(13)2/h7-10H,3-6,11H2,1-2H3,(H4,16,17,19)/b18-14-. The normalized spacial score (nSPS) is 11.4. The van der Waals surface area contributed by atoms with E-state index in [9.17, 15) is 0 Å². The van der Waals surface area contributed by atoms with E-state index in [2.05, 4.69) is 36.2 Å². The van der Waals surface area contributed by atoms with Gasteiger partial charge >= 0.3 is 0 Å². The van der Waals surface area contributed by atoms with Crippen LogP contribution in [-0.4, -0.2) is 11.7 Å². The molecule has 0 unspecified atom stereocenters. The maximum Gasteiger partial charge on any atom is 0.211 e. The third kappa shape index (κ3) is 5.55. The largest absolute Gasteiger partial charge is 0.369 e. The number of aryl methyl sites for hydroxylation is 1. The van der Waals surface area contributed by atoms with Crippen molar-refractivity contribution in [1.82, 2.24) is 0 Å². The molecular weight excluding hydrogens is 236 g/mol. The molecule has 4 N–H and O–H groups in total. The minimum Gasteiger partial charge on any atom is -0.369 e. The average Bonchev–Trinajstić information content (AvgIpc) is 2.39. The lowest BCUT2D eigenvalue weighted by molar-refractivity contribution is 0.682. The summed E-state index contributed by atoms with van der Waals surface area (Å²) >= 11 is 0. The van der Waals surface area contributed by atoms with Crippen molar-refractivity contribution in [3.8, 4) is 0 Å². The second-order valence-corrected chi connectivity index (χ2v) is 4.70. The number of nitrogens with zero attached hydrogens (tertiary/aromatic N) is 2. The van der Waals surface area contributed by atoms with Crippen LogP contribution in [0.1, 0.15) is 50.2 Å². The van der Waals surface area contributed by atoms with Gasteiger partial charge in [0.15, 0.2) is 0 Å². The van der Waals surface area contributed by atoms with E-state index in [-0.39, 0.29) is 5.96 Å². The molecule has 0 heterocycles. The predicted molar refractivity (Wildman–Crippen MR) is 82.3 cm³/mol. The summed E-state index contributed by atoms with van der Waals surface area (Å²) in [6, 6.07) is 8.18. The molecule has 0 aliphatic carbocycles. The van der Waals surface area contributed by atoms with Gasteiger partial charge in [0.2, 0.25) is 5.96 Å². The lowest BCUT2D eigenvalue weighted by Gasteiger charge is -2.08. The van der Waals surface area contributed by atoms with Crippen molar-refractivity contribution < 1.29 is 0 Å². The second-order valence-electron chi connectivity index (χ2n) is 4.70. The predicted octanol–water partition coefficient (Wildman–Crippen LogP) is 2.94. The molecule has 1 aromatic carbocycles. The highest BCUT2D eigenvalue weighted by Gasteiger charge is 2.06. The monoisotopic (exact) mass is 260 g/mol. The molecule has 4 nitrogen and oxygen atoms in total. The number of unbranched alkanes of at least 4 members (excludes halogenated alkanes) is 3. The Morgan fingerprint density at radius 2 is 1.79 bits per heavy atom. The summed E-state index contributed by atoms with van der Waals surface area (Å²) in [5, 5.41) is 8.01. The van der Waals surface area contributed by atoms with Crippen LogP contribution in [0, 0.1) is 6.92 Å². The minimum absolute atomic E-state index is 0.000331. The maximum absolute atomic E-state index is 5.35. The fourth-order valence-electron chi connectivity index (χ4n) is 1.97.